The molecule has 1 atom stereocenters. The number of rotatable bonds is 3. The summed E-state index contributed by atoms with van der Waals surface area (Å²) in [6.07, 6.45) is 0.228. The average Bonchev–Trinajstić information content (AvgIpc) is 2.38. The van der Waals surface area contributed by atoms with Gasteiger partial charge in [0.2, 0.25) is 0 Å². The van der Waals surface area contributed by atoms with Gasteiger partial charge in [-0.3, -0.25) is 0 Å². The van der Waals surface area contributed by atoms with E-state index in [9.17, 15) is 17.6 Å². The molecule has 0 bridgehead atoms. The van der Waals surface area contributed by atoms with Crippen molar-refractivity contribution in [1.29, 1.82) is 0 Å². The second kappa shape index (κ2) is 5.93. The Bertz CT molecular complexity index is 622. The molecule has 20 heavy (non-hydrogen) atoms. The quantitative estimate of drug-likeness (QED) is 0.651. The first-order chi connectivity index (χ1) is 9.38. The summed E-state index contributed by atoms with van der Waals surface area (Å²) in [7, 11) is 0. The van der Waals surface area contributed by atoms with Crippen LogP contribution in [0.15, 0.2) is 34.8 Å². The summed E-state index contributed by atoms with van der Waals surface area (Å²) in [5.41, 5.74) is 6.67. The second-order valence-corrected chi connectivity index (χ2v) is 5.20. The first-order valence-corrected chi connectivity index (χ1v) is 6.51. The zero-order chi connectivity index (χ0) is 14.9. The van der Waals surface area contributed by atoms with Gasteiger partial charge in [-0.05, 0) is 41.8 Å². The maximum atomic E-state index is 13.1. The molecule has 0 aliphatic carbocycles. The SMILES string of the molecule is NC(Cc1ccc(F)cc1Br)c1cc(F)c(F)c(F)c1. The van der Waals surface area contributed by atoms with E-state index in [4.69, 9.17) is 5.73 Å². The van der Waals surface area contributed by atoms with E-state index in [1.165, 1.54) is 18.2 Å². The molecule has 2 aromatic rings. The highest BCUT2D eigenvalue weighted by Gasteiger charge is 2.16. The monoisotopic (exact) mass is 347 g/mol. The third-order valence-electron chi connectivity index (χ3n) is 2.89. The van der Waals surface area contributed by atoms with Crippen molar-refractivity contribution in [3.63, 3.8) is 0 Å². The van der Waals surface area contributed by atoms with E-state index in [-0.39, 0.29) is 12.0 Å². The van der Waals surface area contributed by atoms with Gasteiger partial charge < -0.3 is 5.73 Å². The summed E-state index contributed by atoms with van der Waals surface area (Å²) < 4.78 is 52.6. The maximum Gasteiger partial charge on any atom is 0.194 e. The van der Waals surface area contributed by atoms with Crippen LogP contribution < -0.4 is 5.73 Å². The molecular weight excluding hydrogens is 338 g/mol. The van der Waals surface area contributed by atoms with Gasteiger partial charge in [-0.15, -0.1) is 0 Å². The standard InChI is InChI=1S/C14H10BrF4N/c15-10-6-9(16)2-1-7(10)5-13(20)8-3-11(17)14(19)12(18)4-8/h1-4,6,13H,5,20H2. The van der Waals surface area contributed by atoms with E-state index in [1.54, 1.807) is 0 Å². The van der Waals surface area contributed by atoms with E-state index >= 15 is 0 Å². The zero-order valence-corrected chi connectivity index (χ0v) is 11.7. The van der Waals surface area contributed by atoms with Crippen molar-refractivity contribution in [3.8, 4) is 0 Å². The van der Waals surface area contributed by atoms with Crippen molar-refractivity contribution in [3.05, 3.63) is 69.2 Å². The lowest BCUT2D eigenvalue weighted by atomic mass is 9.99. The molecule has 2 rings (SSSR count). The van der Waals surface area contributed by atoms with Crippen LogP contribution in [-0.2, 0) is 6.42 Å². The molecule has 1 nitrogen and oxygen atoms in total. The van der Waals surface area contributed by atoms with Gasteiger partial charge in [0.1, 0.15) is 5.82 Å². The van der Waals surface area contributed by atoms with Crippen LogP contribution in [0, 0.1) is 23.3 Å². The summed E-state index contributed by atoms with van der Waals surface area (Å²) in [4.78, 5) is 0. The van der Waals surface area contributed by atoms with Gasteiger partial charge in [0.25, 0.3) is 0 Å². The minimum absolute atomic E-state index is 0.137. The fourth-order valence-corrected chi connectivity index (χ4v) is 2.34. The topological polar surface area (TPSA) is 26.0 Å². The van der Waals surface area contributed by atoms with Crippen molar-refractivity contribution in [2.45, 2.75) is 12.5 Å². The van der Waals surface area contributed by atoms with Crippen molar-refractivity contribution in [2.75, 3.05) is 0 Å². The van der Waals surface area contributed by atoms with Crippen LogP contribution in [0.25, 0.3) is 0 Å². The Labute approximate surface area is 121 Å². The Balaban J connectivity index is 2.26. The van der Waals surface area contributed by atoms with Crippen LogP contribution in [0.5, 0.6) is 0 Å². The Kier molecular flexibility index (Phi) is 4.45. The Morgan fingerprint density at radius 1 is 1.00 bits per heavy atom. The molecule has 106 valence electrons. The highest BCUT2D eigenvalue weighted by Crippen LogP contribution is 2.25. The van der Waals surface area contributed by atoms with E-state index < -0.39 is 29.3 Å². The molecule has 0 heterocycles. The molecule has 0 aliphatic heterocycles. The number of hydrogen-bond acceptors (Lipinski definition) is 1. The summed E-state index contributed by atoms with van der Waals surface area (Å²) in [6.45, 7) is 0. The lowest BCUT2D eigenvalue weighted by Crippen LogP contribution is -2.15. The zero-order valence-electron chi connectivity index (χ0n) is 10.1. The minimum atomic E-state index is -1.52. The number of halogens is 5. The highest BCUT2D eigenvalue weighted by molar-refractivity contribution is 9.10. The molecule has 0 saturated heterocycles. The van der Waals surface area contributed by atoms with Crippen LogP contribution in [0.4, 0.5) is 17.6 Å². The highest BCUT2D eigenvalue weighted by atomic mass is 79.9. The summed E-state index contributed by atoms with van der Waals surface area (Å²) in [5, 5.41) is 0. The molecule has 0 aromatic heterocycles. The van der Waals surface area contributed by atoms with Gasteiger partial charge in [0.15, 0.2) is 17.5 Å². The molecule has 0 amide bonds. The molecule has 1 unspecified atom stereocenters. The van der Waals surface area contributed by atoms with Crippen molar-refractivity contribution < 1.29 is 17.6 Å². The molecule has 0 spiro atoms. The molecular formula is C14H10BrF4N. The van der Waals surface area contributed by atoms with Crippen LogP contribution in [-0.4, -0.2) is 0 Å². The Morgan fingerprint density at radius 3 is 2.15 bits per heavy atom. The lowest BCUT2D eigenvalue weighted by Gasteiger charge is -2.14. The first kappa shape index (κ1) is 15.0. The molecule has 0 radical (unpaired) electrons. The molecule has 0 aliphatic rings. The van der Waals surface area contributed by atoms with Crippen molar-refractivity contribution in [2.24, 2.45) is 5.73 Å². The number of benzene rings is 2. The minimum Gasteiger partial charge on any atom is -0.324 e. The first-order valence-electron chi connectivity index (χ1n) is 5.72. The summed E-state index contributed by atoms with van der Waals surface area (Å²) >= 11 is 3.18. The third kappa shape index (κ3) is 3.19. The fraction of sp³-hybridized carbons (Fsp3) is 0.143. The molecule has 0 fully saturated rings. The largest absolute Gasteiger partial charge is 0.324 e. The average molecular weight is 348 g/mol. The predicted octanol–water partition coefficient (Wildman–Crippen LogP) is 4.25. The van der Waals surface area contributed by atoms with E-state index in [0.717, 1.165) is 12.1 Å². The van der Waals surface area contributed by atoms with Crippen molar-refractivity contribution in [1.82, 2.24) is 0 Å². The van der Waals surface area contributed by atoms with Crippen molar-refractivity contribution >= 4 is 15.9 Å². The van der Waals surface area contributed by atoms with Gasteiger partial charge in [0.05, 0.1) is 0 Å². The van der Waals surface area contributed by atoms with Gasteiger partial charge in [-0.2, -0.15) is 0 Å². The summed E-state index contributed by atoms with van der Waals surface area (Å²) in [5.74, 6) is -4.50. The molecule has 2 aromatic carbocycles. The van der Waals surface area contributed by atoms with Crippen LogP contribution in [0.2, 0.25) is 0 Å². The van der Waals surface area contributed by atoms with Crippen LogP contribution in [0.1, 0.15) is 17.2 Å². The van der Waals surface area contributed by atoms with Gasteiger partial charge >= 0.3 is 0 Å². The molecule has 0 saturated carbocycles. The molecule has 6 heteroatoms. The van der Waals surface area contributed by atoms with E-state index in [2.05, 4.69) is 15.9 Å². The van der Waals surface area contributed by atoms with Gasteiger partial charge in [0, 0.05) is 10.5 Å². The van der Waals surface area contributed by atoms with Crippen LogP contribution >= 0.6 is 15.9 Å². The maximum absolute atomic E-state index is 13.1. The number of hydrogen-bond donors (Lipinski definition) is 1. The van der Waals surface area contributed by atoms with E-state index in [1.807, 2.05) is 0 Å². The van der Waals surface area contributed by atoms with Gasteiger partial charge in [-0.25, -0.2) is 17.6 Å². The molecule has 2 N–H and O–H groups in total. The predicted molar refractivity (Wildman–Crippen MR) is 71.0 cm³/mol. The lowest BCUT2D eigenvalue weighted by molar-refractivity contribution is 0.443. The van der Waals surface area contributed by atoms with Crippen LogP contribution in [0.3, 0.4) is 0 Å². The normalized spacial score (nSPS) is 12.5. The Hall–Kier alpha value is -1.40. The van der Waals surface area contributed by atoms with Gasteiger partial charge in [-0.1, -0.05) is 22.0 Å². The second-order valence-electron chi connectivity index (χ2n) is 4.34. The third-order valence-corrected chi connectivity index (χ3v) is 3.63. The van der Waals surface area contributed by atoms with E-state index in [0.29, 0.717) is 10.0 Å². The number of nitrogens with two attached hydrogens (primary N) is 1. The Morgan fingerprint density at radius 2 is 1.60 bits per heavy atom. The summed E-state index contributed by atoms with van der Waals surface area (Å²) in [6, 6.07) is 5.05. The fourth-order valence-electron chi connectivity index (χ4n) is 1.83. The smallest absolute Gasteiger partial charge is 0.194 e.